The number of benzene rings is 1. The Morgan fingerprint density at radius 1 is 1.53 bits per heavy atom. The summed E-state index contributed by atoms with van der Waals surface area (Å²) in [6.07, 6.45) is 0. The van der Waals surface area contributed by atoms with Gasteiger partial charge in [0.2, 0.25) is 0 Å². The van der Waals surface area contributed by atoms with Gasteiger partial charge in [0.15, 0.2) is 0 Å². The van der Waals surface area contributed by atoms with Gasteiger partial charge in [0, 0.05) is 5.56 Å². The standard InChI is InChI=1S/C12H11BrO2/c1-2-15-12(14)11-7-3-5-10(9-11)6-4-8-13/h3,5,7,9H,2,8H2,1H3. The second kappa shape index (κ2) is 6.26. The lowest BCUT2D eigenvalue weighted by Crippen LogP contribution is -2.04. The van der Waals surface area contributed by atoms with Crippen LogP contribution in [0.25, 0.3) is 0 Å². The van der Waals surface area contributed by atoms with Crippen LogP contribution >= 0.6 is 15.9 Å². The summed E-state index contributed by atoms with van der Waals surface area (Å²) in [7, 11) is 0. The lowest BCUT2D eigenvalue weighted by molar-refractivity contribution is 0.0526. The molecule has 3 heteroatoms. The minimum atomic E-state index is -0.306. The van der Waals surface area contributed by atoms with E-state index in [2.05, 4.69) is 27.8 Å². The fourth-order valence-corrected chi connectivity index (χ4v) is 1.21. The third kappa shape index (κ3) is 3.77. The topological polar surface area (TPSA) is 26.3 Å². The zero-order chi connectivity index (χ0) is 11.1. The van der Waals surface area contributed by atoms with Crippen molar-refractivity contribution in [3.63, 3.8) is 0 Å². The van der Waals surface area contributed by atoms with Crippen molar-refractivity contribution in [1.29, 1.82) is 0 Å². The number of ether oxygens (including phenoxy) is 1. The summed E-state index contributed by atoms with van der Waals surface area (Å²) < 4.78 is 4.89. The van der Waals surface area contributed by atoms with Gasteiger partial charge < -0.3 is 4.74 Å². The fourth-order valence-electron chi connectivity index (χ4n) is 1.07. The van der Waals surface area contributed by atoms with Gasteiger partial charge in [-0.05, 0) is 25.1 Å². The van der Waals surface area contributed by atoms with E-state index in [1.165, 1.54) is 0 Å². The van der Waals surface area contributed by atoms with Crippen LogP contribution in [0.15, 0.2) is 24.3 Å². The van der Waals surface area contributed by atoms with E-state index in [4.69, 9.17) is 4.74 Å². The first-order chi connectivity index (χ1) is 7.27. The van der Waals surface area contributed by atoms with Gasteiger partial charge in [-0.15, -0.1) is 0 Å². The molecule has 78 valence electrons. The van der Waals surface area contributed by atoms with E-state index in [1.54, 1.807) is 25.1 Å². The van der Waals surface area contributed by atoms with Crippen LogP contribution in [-0.4, -0.2) is 17.9 Å². The second-order valence-corrected chi connectivity index (χ2v) is 3.30. The maximum absolute atomic E-state index is 11.4. The molecule has 0 heterocycles. The van der Waals surface area contributed by atoms with E-state index >= 15 is 0 Å². The van der Waals surface area contributed by atoms with Gasteiger partial charge in [-0.2, -0.15) is 0 Å². The highest BCUT2D eigenvalue weighted by Crippen LogP contribution is 2.05. The Bertz CT molecular complexity index is 402. The highest BCUT2D eigenvalue weighted by atomic mass is 79.9. The van der Waals surface area contributed by atoms with Crippen LogP contribution in [0.4, 0.5) is 0 Å². The first-order valence-corrected chi connectivity index (χ1v) is 5.72. The van der Waals surface area contributed by atoms with Gasteiger partial charge in [-0.3, -0.25) is 0 Å². The molecule has 1 aromatic carbocycles. The van der Waals surface area contributed by atoms with Crippen LogP contribution in [0.1, 0.15) is 22.8 Å². The smallest absolute Gasteiger partial charge is 0.338 e. The molecule has 0 aliphatic rings. The van der Waals surface area contributed by atoms with Gasteiger partial charge in [-0.25, -0.2) is 4.79 Å². The van der Waals surface area contributed by atoms with Crippen LogP contribution < -0.4 is 0 Å². The van der Waals surface area contributed by atoms with Crippen LogP contribution in [0.5, 0.6) is 0 Å². The SMILES string of the molecule is CCOC(=O)c1cccc(C#CCBr)c1. The summed E-state index contributed by atoms with van der Waals surface area (Å²) in [4.78, 5) is 11.4. The quantitative estimate of drug-likeness (QED) is 0.467. The van der Waals surface area contributed by atoms with Crippen LogP contribution in [0, 0.1) is 11.8 Å². The average molecular weight is 267 g/mol. The van der Waals surface area contributed by atoms with Crippen LogP contribution in [0.2, 0.25) is 0 Å². The Labute approximate surface area is 97.8 Å². The minimum Gasteiger partial charge on any atom is -0.462 e. The van der Waals surface area contributed by atoms with Crippen molar-refractivity contribution >= 4 is 21.9 Å². The highest BCUT2D eigenvalue weighted by Gasteiger charge is 2.05. The molecule has 2 nitrogen and oxygen atoms in total. The molecule has 1 aromatic rings. The predicted molar refractivity (Wildman–Crippen MR) is 63.1 cm³/mol. The number of carbonyl (C=O) groups is 1. The van der Waals surface area contributed by atoms with E-state index < -0.39 is 0 Å². The molecule has 15 heavy (non-hydrogen) atoms. The average Bonchev–Trinajstić information content (AvgIpc) is 2.27. The summed E-state index contributed by atoms with van der Waals surface area (Å²) in [5.41, 5.74) is 1.36. The van der Waals surface area contributed by atoms with Crippen molar-refractivity contribution < 1.29 is 9.53 Å². The predicted octanol–water partition coefficient (Wildman–Crippen LogP) is 2.61. The summed E-state index contributed by atoms with van der Waals surface area (Å²) >= 11 is 3.21. The summed E-state index contributed by atoms with van der Waals surface area (Å²) in [5.74, 6) is 5.50. The maximum atomic E-state index is 11.4. The fraction of sp³-hybridized carbons (Fsp3) is 0.250. The highest BCUT2D eigenvalue weighted by molar-refractivity contribution is 9.09. The van der Waals surface area contributed by atoms with Gasteiger partial charge in [0.25, 0.3) is 0 Å². The lowest BCUT2D eigenvalue weighted by Gasteiger charge is -2.01. The molecule has 0 fully saturated rings. The van der Waals surface area contributed by atoms with Crippen molar-refractivity contribution in [3.8, 4) is 11.8 Å². The number of carbonyl (C=O) groups excluding carboxylic acids is 1. The van der Waals surface area contributed by atoms with Gasteiger partial charge in [-0.1, -0.05) is 33.8 Å². The largest absolute Gasteiger partial charge is 0.462 e. The Balaban J connectivity index is 2.87. The molecule has 0 saturated carbocycles. The molecule has 0 spiro atoms. The normalized spacial score (nSPS) is 8.93. The first-order valence-electron chi connectivity index (χ1n) is 4.60. The van der Waals surface area contributed by atoms with E-state index in [0.29, 0.717) is 17.5 Å². The number of hydrogen-bond acceptors (Lipinski definition) is 2. The van der Waals surface area contributed by atoms with E-state index in [1.807, 2.05) is 6.07 Å². The van der Waals surface area contributed by atoms with Crippen molar-refractivity contribution in [2.24, 2.45) is 0 Å². The molecule has 0 amide bonds. The molecule has 0 aliphatic carbocycles. The number of esters is 1. The third-order valence-electron chi connectivity index (χ3n) is 1.67. The van der Waals surface area contributed by atoms with Crippen molar-refractivity contribution in [2.45, 2.75) is 6.92 Å². The summed E-state index contributed by atoms with van der Waals surface area (Å²) in [5, 5.41) is 0.622. The molecular formula is C12H11BrO2. The van der Waals surface area contributed by atoms with Crippen LogP contribution in [-0.2, 0) is 4.74 Å². The molecule has 0 bridgehead atoms. The molecule has 0 aliphatic heterocycles. The zero-order valence-electron chi connectivity index (χ0n) is 8.42. The Kier molecular flexibility index (Phi) is 4.92. The molecular weight excluding hydrogens is 256 g/mol. The number of halogens is 1. The maximum Gasteiger partial charge on any atom is 0.338 e. The second-order valence-electron chi connectivity index (χ2n) is 2.74. The molecule has 0 unspecified atom stereocenters. The van der Waals surface area contributed by atoms with Gasteiger partial charge in [0.1, 0.15) is 0 Å². The third-order valence-corrected chi connectivity index (χ3v) is 1.95. The van der Waals surface area contributed by atoms with E-state index in [0.717, 1.165) is 5.56 Å². The number of alkyl halides is 1. The van der Waals surface area contributed by atoms with Crippen molar-refractivity contribution in [1.82, 2.24) is 0 Å². The van der Waals surface area contributed by atoms with Gasteiger partial charge >= 0.3 is 5.97 Å². The molecule has 0 saturated heterocycles. The molecule has 0 aromatic heterocycles. The molecule has 0 N–H and O–H groups in total. The summed E-state index contributed by atoms with van der Waals surface area (Å²) in [6.45, 7) is 2.17. The Morgan fingerprint density at radius 3 is 3.00 bits per heavy atom. The van der Waals surface area contributed by atoms with Crippen molar-refractivity contribution in [3.05, 3.63) is 35.4 Å². The number of hydrogen-bond donors (Lipinski definition) is 0. The minimum absolute atomic E-state index is 0.306. The molecule has 0 atom stereocenters. The Morgan fingerprint density at radius 2 is 2.33 bits per heavy atom. The van der Waals surface area contributed by atoms with Crippen LogP contribution in [0.3, 0.4) is 0 Å². The van der Waals surface area contributed by atoms with E-state index in [-0.39, 0.29) is 5.97 Å². The number of rotatable bonds is 2. The monoisotopic (exact) mass is 266 g/mol. The van der Waals surface area contributed by atoms with Gasteiger partial charge in [0.05, 0.1) is 17.5 Å². The van der Waals surface area contributed by atoms with E-state index in [9.17, 15) is 4.79 Å². The first kappa shape index (κ1) is 11.8. The molecule has 1 rings (SSSR count). The molecule has 0 radical (unpaired) electrons. The Hall–Kier alpha value is -1.27. The van der Waals surface area contributed by atoms with Crippen molar-refractivity contribution in [2.75, 3.05) is 11.9 Å². The lowest BCUT2D eigenvalue weighted by atomic mass is 10.1. The zero-order valence-corrected chi connectivity index (χ0v) is 10.0. The summed E-state index contributed by atoms with van der Waals surface area (Å²) in [6, 6.07) is 7.11.